The first-order valence-electron chi connectivity index (χ1n) is 7.73. The summed E-state index contributed by atoms with van der Waals surface area (Å²) < 4.78 is 0. The van der Waals surface area contributed by atoms with Crippen LogP contribution in [0.5, 0.6) is 0 Å². The second-order valence-electron chi connectivity index (χ2n) is 7.17. The van der Waals surface area contributed by atoms with Crippen LogP contribution >= 0.6 is 0 Å². The van der Waals surface area contributed by atoms with Crippen molar-refractivity contribution < 1.29 is 5.11 Å². The quantitative estimate of drug-likeness (QED) is 0.756. The molecule has 2 aliphatic rings. The molecule has 2 aliphatic carbocycles. The average Bonchev–Trinajstić information content (AvgIpc) is 2.29. The van der Waals surface area contributed by atoms with Crippen LogP contribution in [0.1, 0.15) is 72.1 Å². The molecule has 0 amide bonds. The van der Waals surface area contributed by atoms with Gasteiger partial charge < -0.3 is 5.11 Å². The van der Waals surface area contributed by atoms with Crippen LogP contribution in [0.15, 0.2) is 0 Å². The lowest BCUT2D eigenvalue weighted by Crippen LogP contribution is -2.45. The summed E-state index contributed by atoms with van der Waals surface area (Å²) in [6.07, 6.45) is 9.95. The van der Waals surface area contributed by atoms with Crippen LogP contribution in [0.3, 0.4) is 0 Å². The molecule has 1 nitrogen and oxygen atoms in total. The minimum absolute atomic E-state index is 0.318. The van der Waals surface area contributed by atoms with Gasteiger partial charge in [0.05, 0.1) is 5.60 Å². The molecule has 17 heavy (non-hydrogen) atoms. The molecule has 2 saturated carbocycles. The van der Waals surface area contributed by atoms with Crippen LogP contribution in [0, 0.1) is 23.7 Å². The molecular weight excluding hydrogens is 208 g/mol. The smallest absolute Gasteiger partial charge is 0.0678 e. The highest BCUT2D eigenvalue weighted by Gasteiger charge is 2.42. The molecule has 0 aromatic rings. The van der Waals surface area contributed by atoms with Gasteiger partial charge in [0, 0.05) is 0 Å². The Labute approximate surface area is 107 Å². The van der Waals surface area contributed by atoms with Gasteiger partial charge in [0.15, 0.2) is 0 Å². The van der Waals surface area contributed by atoms with E-state index >= 15 is 0 Å². The van der Waals surface area contributed by atoms with Gasteiger partial charge in [0.1, 0.15) is 0 Å². The summed E-state index contributed by atoms with van der Waals surface area (Å²) in [7, 11) is 0. The molecule has 4 unspecified atom stereocenters. The minimum atomic E-state index is -0.318. The Hall–Kier alpha value is -0.0400. The third kappa shape index (κ3) is 3.05. The summed E-state index contributed by atoms with van der Waals surface area (Å²) >= 11 is 0. The van der Waals surface area contributed by atoms with Gasteiger partial charge in [-0.1, -0.05) is 40.0 Å². The highest BCUT2D eigenvalue weighted by molar-refractivity contribution is 4.94. The molecule has 1 N–H and O–H groups in total. The van der Waals surface area contributed by atoms with Gasteiger partial charge in [-0.15, -0.1) is 0 Å². The van der Waals surface area contributed by atoms with E-state index in [0.717, 1.165) is 30.6 Å². The number of rotatable bonds is 2. The molecule has 0 heterocycles. The van der Waals surface area contributed by atoms with E-state index in [0.29, 0.717) is 5.92 Å². The SMILES string of the molecule is CC1CCCC(C2(O)CCCC(C(C)C)C2)C1. The Morgan fingerprint density at radius 2 is 1.88 bits per heavy atom. The van der Waals surface area contributed by atoms with Gasteiger partial charge in [0.2, 0.25) is 0 Å². The maximum absolute atomic E-state index is 11.0. The van der Waals surface area contributed by atoms with Crippen LogP contribution in [0.4, 0.5) is 0 Å². The van der Waals surface area contributed by atoms with Gasteiger partial charge in [0.25, 0.3) is 0 Å². The van der Waals surface area contributed by atoms with Gasteiger partial charge in [-0.2, -0.15) is 0 Å². The summed E-state index contributed by atoms with van der Waals surface area (Å²) in [5, 5.41) is 11.0. The molecule has 0 spiro atoms. The van der Waals surface area contributed by atoms with Crippen LogP contribution < -0.4 is 0 Å². The molecule has 0 radical (unpaired) electrons. The molecular formula is C16H30O. The lowest BCUT2D eigenvalue weighted by atomic mass is 9.64. The van der Waals surface area contributed by atoms with Gasteiger partial charge >= 0.3 is 0 Å². The van der Waals surface area contributed by atoms with Crippen LogP contribution in [-0.4, -0.2) is 10.7 Å². The Balaban J connectivity index is 2.01. The van der Waals surface area contributed by atoms with Crippen molar-refractivity contribution >= 4 is 0 Å². The van der Waals surface area contributed by atoms with E-state index in [9.17, 15) is 5.11 Å². The molecule has 100 valence electrons. The van der Waals surface area contributed by atoms with Crippen molar-refractivity contribution in [2.45, 2.75) is 77.7 Å². The molecule has 0 aromatic carbocycles. The zero-order chi connectivity index (χ0) is 12.5. The third-order valence-electron chi connectivity index (χ3n) is 5.44. The number of aliphatic hydroxyl groups is 1. The van der Waals surface area contributed by atoms with Crippen LogP contribution in [-0.2, 0) is 0 Å². The largest absolute Gasteiger partial charge is 0.390 e. The summed E-state index contributed by atoms with van der Waals surface area (Å²) in [6.45, 7) is 7.00. The molecule has 0 aromatic heterocycles. The Kier molecular flexibility index (Phi) is 4.18. The minimum Gasteiger partial charge on any atom is -0.390 e. The summed E-state index contributed by atoms with van der Waals surface area (Å²) in [6, 6.07) is 0. The van der Waals surface area contributed by atoms with E-state index in [1.165, 1.54) is 38.5 Å². The Bertz CT molecular complexity index is 248. The topological polar surface area (TPSA) is 20.2 Å². The fraction of sp³-hybridized carbons (Fsp3) is 1.00. The van der Waals surface area contributed by atoms with E-state index in [2.05, 4.69) is 20.8 Å². The average molecular weight is 238 g/mol. The van der Waals surface area contributed by atoms with Crippen molar-refractivity contribution in [2.75, 3.05) is 0 Å². The first kappa shape index (κ1) is 13.4. The molecule has 0 aliphatic heterocycles. The van der Waals surface area contributed by atoms with E-state index in [1.807, 2.05) is 0 Å². The zero-order valence-electron chi connectivity index (χ0n) is 11.9. The van der Waals surface area contributed by atoms with Crippen molar-refractivity contribution in [3.63, 3.8) is 0 Å². The maximum Gasteiger partial charge on any atom is 0.0678 e. The fourth-order valence-corrected chi connectivity index (χ4v) is 4.19. The summed E-state index contributed by atoms with van der Waals surface area (Å²) in [5.74, 6) is 2.92. The first-order valence-corrected chi connectivity index (χ1v) is 7.73. The fourth-order valence-electron chi connectivity index (χ4n) is 4.19. The molecule has 0 saturated heterocycles. The van der Waals surface area contributed by atoms with Gasteiger partial charge in [-0.25, -0.2) is 0 Å². The normalized spacial score (nSPS) is 43.9. The second-order valence-corrected chi connectivity index (χ2v) is 7.17. The van der Waals surface area contributed by atoms with Gasteiger partial charge in [-0.3, -0.25) is 0 Å². The Morgan fingerprint density at radius 1 is 1.12 bits per heavy atom. The highest BCUT2D eigenvalue weighted by atomic mass is 16.3. The number of hydrogen-bond donors (Lipinski definition) is 1. The van der Waals surface area contributed by atoms with Crippen molar-refractivity contribution in [1.29, 1.82) is 0 Å². The predicted molar refractivity (Wildman–Crippen MR) is 72.9 cm³/mol. The number of hydrogen-bond acceptors (Lipinski definition) is 1. The van der Waals surface area contributed by atoms with Crippen LogP contribution in [0.25, 0.3) is 0 Å². The maximum atomic E-state index is 11.0. The van der Waals surface area contributed by atoms with Crippen LogP contribution in [0.2, 0.25) is 0 Å². The van der Waals surface area contributed by atoms with Crippen molar-refractivity contribution in [1.82, 2.24) is 0 Å². The second kappa shape index (κ2) is 5.30. The van der Waals surface area contributed by atoms with Crippen molar-refractivity contribution in [2.24, 2.45) is 23.7 Å². The van der Waals surface area contributed by atoms with E-state index in [-0.39, 0.29) is 5.60 Å². The highest BCUT2D eigenvalue weighted by Crippen LogP contribution is 2.46. The lowest BCUT2D eigenvalue weighted by molar-refractivity contribution is -0.0866. The van der Waals surface area contributed by atoms with Crippen molar-refractivity contribution in [3.05, 3.63) is 0 Å². The third-order valence-corrected chi connectivity index (χ3v) is 5.44. The summed E-state index contributed by atoms with van der Waals surface area (Å²) in [5.41, 5.74) is -0.318. The Morgan fingerprint density at radius 3 is 2.53 bits per heavy atom. The lowest BCUT2D eigenvalue weighted by Gasteiger charge is -2.46. The van der Waals surface area contributed by atoms with E-state index < -0.39 is 0 Å². The van der Waals surface area contributed by atoms with Gasteiger partial charge in [-0.05, 0) is 55.8 Å². The predicted octanol–water partition coefficient (Wildman–Crippen LogP) is 4.39. The zero-order valence-corrected chi connectivity index (χ0v) is 11.9. The molecule has 0 bridgehead atoms. The van der Waals surface area contributed by atoms with E-state index in [1.54, 1.807) is 0 Å². The molecule has 1 heteroatoms. The van der Waals surface area contributed by atoms with E-state index in [4.69, 9.17) is 0 Å². The standard InChI is InChI=1S/C16H30O/c1-12(2)14-7-5-9-16(17,11-14)15-8-4-6-13(3)10-15/h12-15,17H,4-11H2,1-3H3. The molecule has 2 fully saturated rings. The molecule has 2 rings (SSSR count). The van der Waals surface area contributed by atoms with Crippen molar-refractivity contribution in [3.8, 4) is 0 Å². The first-order chi connectivity index (χ1) is 8.01. The monoisotopic (exact) mass is 238 g/mol. The summed E-state index contributed by atoms with van der Waals surface area (Å²) in [4.78, 5) is 0. The molecule has 4 atom stereocenters.